The highest BCUT2D eigenvalue weighted by molar-refractivity contribution is 7.99. The monoisotopic (exact) mass is 338 g/mol. The second kappa shape index (κ2) is 6.15. The summed E-state index contributed by atoms with van der Waals surface area (Å²) in [6.45, 7) is 14.3. The van der Waals surface area contributed by atoms with Gasteiger partial charge >= 0.3 is 0 Å². The quantitative estimate of drug-likeness (QED) is 0.805. The highest BCUT2D eigenvalue weighted by Crippen LogP contribution is 2.60. The molecule has 0 radical (unpaired) electrons. The molecule has 0 unspecified atom stereocenters. The van der Waals surface area contributed by atoms with E-state index in [-0.39, 0.29) is 40.6 Å². The van der Waals surface area contributed by atoms with E-state index in [0.29, 0.717) is 11.6 Å². The Morgan fingerprint density at radius 2 is 1.87 bits per heavy atom. The first-order valence-electron chi connectivity index (χ1n) is 8.30. The van der Waals surface area contributed by atoms with Gasteiger partial charge in [0.15, 0.2) is 0 Å². The van der Waals surface area contributed by atoms with Crippen molar-refractivity contribution >= 4 is 23.6 Å². The Kier molecular flexibility index (Phi) is 4.91. The molecule has 2 aliphatic rings. The van der Waals surface area contributed by atoms with E-state index in [9.17, 15) is 9.59 Å². The summed E-state index contributed by atoms with van der Waals surface area (Å²) in [6, 6.07) is -0.338. The van der Waals surface area contributed by atoms with Crippen molar-refractivity contribution in [3.05, 3.63) is 11.6 Å². The summed E-state index contributed by atoms with van der Waals surface area (Å²) < 4.78 is 0. The maximum Gasteiger partial charge on any atom is 0.244 e. The lowest BCUT2D eigenvalue weighted by Crippen LogP contribution is -2.52. The summed E-state index contributed by atoms with van der Waals surface area (Å²) >= 11 is 1.66. The summed E-state index contributed by atoms with van der Waals surface area (Å²) in [5.74, 6) is 1.70. The van der Waals surface area contributed by atoms with E-state index in [1.807, 2.05) is 20.8 Å². The van der Waals surface area contributed by atoms with Gasteiger partial charge in [-0.15, -0.1) is 11.8 Å². The molecule has 1 aliphatic heterocycles. The molecular weight excluding hydrogens is 308 g/mol. The first-order chi connectivity index (χ1) is 10.4. The molecule has 1 heterocycles. The molecule has 0 aromatic carbocycles. The molecule has 2 fully saturated rings. The Morgan fingerprint density at radius 1 is 1.26 bits per heavy atom. The van der Waals surface area contributed by atoms with E-state index in [1.54, 1.807) is 16.7 Å². The number of carbonyl (C=O) groups excluding carboxylic acids is 2. The van der Waals surface area contributed by atoms with Crippen molar-refractivity contribution in [2.75, 3.05) is 11.6 Å². The third kappa shape index (κ3) is 3.93. The largest absolute Gasteiger partial charge is 0.350 e. The van der Waals surface area contributed by atoms with Crippen LogP contribution >= 0.6 is 11.8 Å². The SMILES string of the molecule is CC(C)=C[C@@H]1[C@H](C(=O)N2CSC[C@H]2C(=O)NC(C)(C)C)C1(C)C. The molecule has 1 saturated heterocycles. The molecule has 1 saturated carbocycles. The van der Waals surface area contributed by atoms with Crippen LogP contribution in [0.1, 0.15) is 48.5 Å². The zero-order chi connectivity index (χ0) is 17.6. The summed E-state index contributed by atoms with van der Waals surface area (Å²) in [5.41, 5.74) is 0.964. The zero-order valence-corrected chi connectivity index (χ0v) is 16.2. The lowest BCUT2D eigenvalue weighted by molar-refractivity contribution is -0.140. The Labute approximate surface area is 144 Å². The van der Waals surface area contributed by atoms with Crippen LogP contribution in [0.5, 0.6) is 0 Å². The van der Waals surface area contributed by atoms with Gasteiger partial charge in [0.25, 0.3) is 0 Å². The van der Waals surface area contributed by atoms with Gasteiger partial charge in [0, 0.05) is 11.3 Å². The van der Waals surface area contributed by atoms with Crippen LogP contribution in [0.25, 0.3) is 0 Å². The van der Waals surface area contributed by atoms with E-state index >= 15 is 0 Å². The number of hydrogen-bond acceptors (Lipinski definition) is 3. The van der Waals surface area contributed by atoms with E-state index in [1.165, 1.54) is 5.57 Å². The zero-order valence-electron chi connectivity index (χ0n) is 15.4. The van der Waals surface area contributed by atoms with Gasteiger partial charge in [-0.1, -0.05) is 25.5 Å². The van der Waals surface area contributed by atoms with Gasteiger partial charge in [-0.2, -0.15) is 0 Å². The Bertz CT molecular complexity index is 530. The molecular formula is C18H30N2O2S. The Balaban J connectivity index is 2.10. The maximum atomic E-state index is 13.0. The van der Waals surface area contributed by atoms with Gasteiger partial charge in [-0.05, 0) is 46.0 Å². The van der Waals surface area contributed by atoms with E-state index in [0.717, 1.165) is 0 Å². The fraction of sp³-hybridized carbons (Fsp3) is 0.778. The van der Waals surface area contributed by atoms with Gasteiger partial charge in [0.2, 0.25) is 11.8 Å². The smallest absolute Gasteiger partial charge is 0.244 e. The van der Waals surface area contributed by atoms with Crippen molar-refractivity contribution < 1.29 is 9.59 Å². The predicted molar refractivity (Wildman–Crippen MR) is 96.0 cm³/mol. The van der Waals surface area contributed by atoms with Crippen LogP contribution in [0.4, 0.5) is 0 Å². The van der Waals surface area contributed by atoms with Crippen LogP contribution in [0, 0.1) is 17.3 Å². The minimum absolute atomic E-state index is 0.000960. The minimum atomic E-state index is -0.338. The molecule has 3 atom stereocenters. The highest BCUT2D eigenvalue weighted by atomic mass is 32.2. The number of allylic oxidation sites excluding steroid dienone is 2. The standard InChI is InChI=1S/C18H30N2O2S/c1-11(2)8-12-14(18(12,6)7)16(22)20-10-23-9-13(20)15(21)19-17(3,4)5/h8,12-14H,9-10H2,1-7H3,(H,19,21)/t12-,13+,14-/m1/s1. The maximum absolute atomic E-state index is 13.0. The fourth-order valence-electron chi connectivity index (χ4n) is 3.33. The molecule has 23 heavy (non-hydrogen) atoms. The second-order valence-electron chi connectivity index (χ2n) is 8.63. The second-order valence-corrected chi connectivity index (χ2v) is 9.63. The normalized spacial score (nSPS) is 29.2. The Hall–Kier alpha value is -0.970. The fourth-order valence-corrected chi connectivity index (χ4v) is 4.49. The van der Waals surface area contributed by atoms with E-state index in [4.69, 9.17) is 0 Å². The van der Waals surface area contributed by atoms with Crippen LogP contribution in [-0.2, 0) is 9.59 Å². The number of nitrogens with one attached hydrogen (secondary N) is 1. The van der Waals surface area contributed by atoms with Crippen LogP contribution < -0.4 is 5.32 Å². The van der Waals surface area contributed by atoms with Crippen molar-refractivity contribution in [3.63, 3.8) is 0 Å². The van der Waals surface area contributed by atoms with Crippen LogP contribution in [0.15, 0.2) is 11.6 Å². The molecule has 1 N–H and O–H groups in total. The minimum Gasteiger partial charge on any atom is -0.350 e. The van der Waals surface area contributed by atoms with E-state index < -0.39 is 0 Å². The molecule has 0 bridgehead atoms. The molecule has 5 heteroatoms. The van der Waals surface area contributed by atoms with Crippen molar-refractivity contribution in [3.8, 4) is 0 Å². The molecule has 0 aromatic heterocycles. The summed E-state index contributed by atoms with van der Waals surface area (Å²) in [6.07, 6.45) is 2.20. The third-order valence-corrected chi connectivity index (χ3v) is 5.67. The van der Waals surface area contributed by atoms with Crippen molar-refractivity contribution in [2.45, 2.75) is 60.0 Å². The molecule has 0 aromatic rings. The van der Waals surface area contributed by atoms with Gasteiger partial charge < -0.3 is 10.2 Å². The van der Waals surface area contributed by atoms with Crippen molar-refractivity contribution in [1.29, 1.82) is 0 Å². The summed E-state index contributed by atoms with van der Waals surface area (Å²) in [4.78, 5) is 27.3. The van der Waals surface area contributed by atoms with Gasteiger partial charge in [0.05, 0.1) is 11.8 Å². The number of nitrogens with zero attached hydrogens (tertiary/aromatic N) is 1. The van der Waals surface area contributed by atoms with Crippen LogP contribution in [0.2, 0.25) is 0 Å². The topological polar surface area (TPSA) is 49.4 Å². The van der Waals surface area contributed by atoms with Gasteiger partial charge in [-0.3, -0.25) is 9.59 Å². The molecule has 2 amide bonds. The lowest BCUT2D eigenvalue weighted by atomic mass is 10.1. The number of amides is 2. The average molecular weight is 339 g/mol. The first-order valence-corrected chi connectivity index (χ1v) is 9.46. The first kappa shape index (κ1) is 18.4. The number of thioether (sulfide) groups is 1. The molecule has 4 nitrogen and oxygen atoms in total. The summed E-state index contributed by atoms with van der Waals surface area (Å²) in [7, 11) is 0. The van der Waals surface area contributed by atoms with Crippen molar-refractivity contribution in [1.82, 2.24) is 10.2 Å². The molecule has 2 rings (SSSR count). The lowest BCUT2D eigenvalue weighted by Gasteiger charge is -2.28. The number of rotatable bonds is 3. The van der Waals surface area contributed by atoms with Gasteiger partial charge in [0.1, 0.15) is 6.04 Å². The average Bonchev–Trinajstić information content (AvgIpc) is 2.76. The molecule has 1 aliphatic carbocycles. The third-order valence-electron chi connectivity index (χ3n) is 4.66. The van der Waals surface area contributed by atoms with Gasteiger partial charge in [-0.25, -0.2) is 0 Å². The molecule has 130 valence electrons. The number of carbonyl (C=O) groups is 2. The summed E-state index contributed by atoms with van der Waals surface area (Å²) in [5, 5.41) is 3.01. The molecule has 0 spiro atoms. The van der Waals surface area contributed by atoms with Crippen LogP contribution in [0.3, 0.4) is 0 Å². The van der Waals surface area contributed by atoms with Crippen molar-refractivity contribution in [2.24, 2.45) is 17.3 Å². The highest BCUT2D eigenvalue weighted by Gasteiger charge is 2.62. The van der Waals surface area contributed by atoms with Crippen LogP contribution in [-0.4, -0.2) is 39.9 Å². The van der Waals surface area contributed by atoms with E-state index in [2.05, 4.69) is 39.1 Å². The number of hydrogen-bond donors (Lipinski definition) is 1. The predicted octanol–water partition coefficient (Wildman–Crippen LogP) is 3.04. The Morgan fingerprint density at radius 3 is 2.39 bits per heavy atom.